The lowest BCUT2D eigenvalue weighted by atomic mass is 9.97. The summed E-state index contributed by atoms with van der Waals surface area (Å²) in [6, 6.07) is 13.1. The van der Waals surface area contributed by atoms with E-state index >= 15 is 0 Å². The largest absolute Gasteiger partial charge is 0.508 e. The van der Waals surface area contributed by atoms with Gasteiger partial charge in [-0.3, -0.25) is 4.79 Å². The van der Waals surface area contributed by atoms with E-state index in [2.05, 4.69) is 0 Å². The van der Waals surface area contributed by atoms with E-state index in [0.717, 1.165) is 5.56 Å². The number of benzene rings is 2. The quantitative estimate of drug-likeness (QED) is 0.852. The molecule has 2 aromatic rings. The number of esters is 1. The number of halogens is 1. The first-order valence-corrected chi connectivity index (χ1v) is 6.74. The van der Waals surface area contributed by atoms with Crippen molar-refractivity contribution in [2.45, 2.75) is 25.9 Å². The summed E-state index contributed by atoms with van der Waals surface area (Å²) < 4.78 is 18.4. The molecule has 0 bridgehead atoms. The standard InChI is InChI=1S/C17H17FO3/c1-12(15-10-14(18)7-8-16(15)19)9-17(20)21-11-13-5-3-2-4-6-13/h2-8,10,12,19H,9,11H2,1H3/t12-/m0/s1. The summed E-state index contributed by atoms with van der Waals surface area (Å²) in [5.41, 5.74) is 1.32. The predicted molar refractivity (Wildman–Crippen MR) is 77.3 cm³/mol. The van der Waals surface area contributed by atoms with Gasteiger partial charge in [0.1, 0.15) is 18.2 Å². The van der Waals surface area contributed by atoms with Crippen LogP contribution in [0.1, 0.15) is 30.4 Å². The van der Waals surface area contributed by atoms with Gasteiger partial charge in [-0.15, -0.1) is 0 Å². The number of hydrogen-bond acceptors (Lipinski definition) is 3. The maximum Gasteiger partial charge on any atom is 0.306 e. The van der Waals surface area contributed by atoms with Crippen molar-refractivity contribution in [2.24, 2.45) is 0 Å². The fourth-order valence-corrected chi connectivity index (χ4v) is 2.08. The van der Waals surface area contributed by atoms with Gasteiger partial charge in [-0.2, -0.15) is 0 Å². The number of aromatic hydroxyl groups is 1. The van der Waals surface area contributed by atoms with Crippen LogP contribution in [0.15, 0.2) is 48.5 Å². The molecule has 1 atom stereocenters. The lowest BCUT2D eigenvalue weighted by molar-refractivity contribution is -0.145. The van der Waals surface area contributed by atoms with E-state index in [-0.39, 0.29) is 30.7 Å². The molecule has 0 saturated heterocycles. The van der Waals surface area contributed by atoms with Crippen LogP contribution in [0.4, 0.5) is 4.39 Å². The van der Waals surface area contributed by atoms with Crippen molar-refractivity contribution < 1.29 is 19.0 Å². The molecule has 0 fully saturated rings. The summed E-state index contributed by atoms with van der Waals surface area (Å²) in [5, 5.41) is 9.71. The first kappa shape index (κ1) is 15.0. The average Bonchev–Trinajstić information content (AvgIpc) is 2.48. The van der Waals surface area contributed by atoms with Gasteiger partial charge < -0.3 is 9.84 Å². The molecule has 0 unspecified atom stereocenters. The van der Waals surface area contributed by atoms with Crippen LogP contribution in [0.2, 0.25) is 0 Å². The minimum absolute atomic E-state index is 0.0141. The highest BCUT2D eigenvalue weighted by Crippen LogP contribution is 2.28. The smallest absolute Gasteiger partial charge is 0.306 e. The highest BCUT2D eigenvalue weighted by molar-refractivity contribution is 5.70. The third-order valence-electron chi connectivity index (χ3n) is 3.24. The Hall–Kier alpha value is -2.36. The van der Waals surface area contributed by atoms with E-state index in [1.807, 2.05) is 30.3 Å². The van der Waals surface area contributed by atoms with Crippen molar-refractivity contribution in [2.75, 3.05) is 0 Å². The average molecular weight is 288 g/mol. The fourth-order valence-electron chi connectivity index (χ4n) is 2.08. The second-order valence-corrected chi connectivity index (χ2v) is 4.95. The van der Waals surface area contributed by atoms with E-state index in [9.17, 15) is 14.3 Å². The molecule has 110 valence electrons. The summed E-state index contributed by atoms with van der Waals surface area (Å²) in [5.74, 6) is -1.15. The number of phenolic OH excluding ortho intramolecular Hbond substituents is 1. The Morgan fingerprint density at radius 1 is 1.24 bits per heavy atom. The van der Waals surface area contributed by atoms with Crippen LogP contribution in [0.5, 0.6) is 5.75 Å². The van der Waals surface area contributed by atoms with Crippen molar-refractivity contribution in [1.29, 1.82) is 0 Å². The lowest BCUT2D eigenvalue weighted by Crippen LogP contribution is -2.09. The van der Waals surface area contributed by atoms with Crippen LogP contribution in [-0.4, -0.2) is 11.1 Å². The van der Waals surface area contributed by atoms with Crippen molar-refractivity contribution in [3.63, 3.8) is 0 Å². The molecule has 0 aliphatic carbocycles. The molecule has 4 heteroatoms. The van der Waals surface area contributed by atoms with Crippen molar-refractivity contribution in [3.05, 3.63) is 65.5 Å². The molecule has 0 aliphatic heterocycles. The van der Waals surface area contributed by atoms with Gasteiger partial charge in [0.05, 0.1) is 6.42 Å². The second kappa shape index (κ2) is 6.88. The Morgan fingerprint density at radius 2 is 1.95 bits per heavy atom. The van der Waals surface area contributed by atoms with E-state index < -0.39 is 5.82 Å². The lowest BCUT2D eigenvalue weighted by Gasteiger charge is -2.13. The minimum Gasteiger partial charge on any atom is -0.508 e. The van der Waals surface area contributed by atoms with Gasteiger partial charge in [0, 0.05) is 5.56 Å². The second-order valence-electron chi connectivity index (χ2n) is 4.95. The molecule has 3 nitrogen and oxygen atoms in total. The van der Waals surface area contributed by atoms with Gasteiger partial charge in [-0.05, 0) is 29.7 Å². The molecule has 0 amide bonds. The molecule has 0 saturated carbocycles. The molecule has 21 heavy (non-hydrogen) atoms. The number of ether oxygens (including phenoxy) is 1. The van der Waals surface area contributed by atoms with Gasteiger partial charge in [0.15, 0.2) is 0 Å². The van der Waals surface area contributed by atoms with Gasteiger partial charge >= 0.3 is 5.97 Å². The zero-order valence-corrected chi connectivity index (χ0v) is 11.8. The fraction of sp³-hybridized carbons (Fsp3) is 0.235. The molecule has 0 aromatic heterocycles. The van der Waals surface area contributed by atoms with Crippen LogP contribution >= 0.6 is 0 Å². The minimum atomic E-state index is -0.438. The van der Waals surface area contributed by atoms with Gasteiger partial charge in [-0.1, -0.05) is 37.3 Å². The first-order chi connectivity index (χ1) is 10.1. The maximum absolute atomic E-state index is 13.2. The molecule has 0 aliphatic rings. The third-order valence-corrected chi connectivity index (χ3v) is 3.24. The molecule has 0 radical (unpaired) electrons. The first-order valence-electron chi connectivity index (χ1n) is 6.74. The van der Waals surface area contributed by atoms with E-state index in [4.69, 9.17) is 4.74 Å². The summed E-state index contributed by atoms with van der Waals surface area (Å²) in [7, 11) is 0. The Labute approximate surface area is 123 Å². The number of phenols is 1. The summed E-state index contributed by atoms with van der Waals surface area (Å²) in [6.45, 7) is 1.96. The Morgan fingerprint density at radius 3 is 2.67 bits per heavy atom. The number of carbonyl (C=O) groups is 1. The Bertz CT molecular complexity index is 611. The molecule has 0 heterocycles. The van der Waals surface area contributed by atoms with Crippen LogP contribution in [-0.2, 0) is 16.1 Å². The summed E-state index contributed by atoms with van der Waals surface area (Å²) in [4.78, 5) is 11.8. The molecular weight excluding hydrogens is 271 g/mol. The number of hydrogen-bond donors (Lipinski definition) is 1. The molecule has 2 rings (SSSR count). The van der Waals surface area contributed by atoms with Crippen LogP contribution in [0.25, 0.3) is 0 Å². The molecule has 0 spiro atoms. The van der Waals surface area contributed by atoms with Gasteiger partial charge in [0.2, 0.25) is 0 Å². The van der Waals surface area contributed by atoms with Crippen molar-refractivity contribution >= 4 is 5.97 Å². The molecule has 1 N–H and O–H groups in total. The zero-order chi connectivity index (χ0) is 15.2. The van der Waals surface area contributed by atoms with E-state index in [1.54, 1.807) is 6.92 Å². The number of rotatable bonds is 5. The van der Waals surface area contributed by atoms with Crippen molar-refractivity contribution in [3.8, 4) is 5.75 Å². The summed E-state index contributed by atoms with van der Waals surface area (Å²) in [6.07, 6.45) is 0.0871. The normalized spacial score (nSPS) is 11.9. The van der Waals surface area contributed by atoms with Crippen LogP contribution < -0.4 is 0 Å². The topological polar surface area (TPSA) is 46.5 Å². The van der Waals surface area contributed by atoms with Gasteiger partial charge in [-0.25, -0.2) is 4.39 Å². The SMILES string of the molecule is C[C@@H](CC(=O)OCc1ccccc1)c1cc(F)ccc1O. The highest BCUT2D eigenvalue weighted by Gasteiger charge is 2.16. The molecular formula is C17H17FO3. The van der Waals surface area contributed by atoms with E-state index in [0.29, 0.717) is 5.56 Å². The third kappa shape index (κ3) is 4.31. The number of carbonyl (C=O) groups excluding carboxylic acids is 1. The highest BCUT2D eigenvalue weighted by atomic mass is 19.1. The Balaban J connectivity index is 1.91. The monoisotopic (exact) mass is 288 g/mol. The Kier molecular flexibility index (Phi) is 4.93. The van der Waals surface area contributed by atoms with Crippen molar-refractivity contribution in [1.82, 2.24) is 0 Å². The summed E-state index contributed by atoms with van der Waals surface area (Å²) >= 11 is 0. The van der Waals surface area contributed by atoms with E-state index in [1.165, 1.54) is 18.2 Å². The van der Waals surface area contributed by atoms with Gasteiger partial charge in [0.25, 0.3) is 0 Å². The van der Waals surface area contributed by atoms with Crippen LogP contribution in [0.3, 0.4) is 0 Å². The predicted octanol–water partition coefficient (Wildman–Crippen LogP) is 3.77. The maximum atomic E-state index is 13.2. The molecule has 2 aromatic carbocycles. The zero-order valence-electron chi connectivity index (χ0n) is 11.8. The van der Waals surface area contributed by atoms with Crippen LogP contribution in [0, 0.1) is 5.82 Å².